The minimum Gasteiger partial charge on any atom is -0.453 e. The van der Waals surface area contributed by atoms with Gasteiger partial charge in [0.15, 0.2) is 11.6 Å². The zero-order chi connectivity index (χ0) is 35.0. The fourth-order valence-electron chi connectivity index (χ4n) is 5.22. The number of carbonyl (C=O) groups excluding carboxylic acids is 1. The van der Waals surface area contributed by atoms with Crippen LogP contribution in [0.25, 0.3) is 20.8 Å². The van der Waals surface area contributed by atoms with E-state index in [4.69, 9.17) is 23.9 Å². The van der Waals surface area contributed by atoms with Crippen LogP contribution in [0.1, 0.15) is 18.4 Å². The van der Waals surface area contributed by atoms with Gasteiger partial charge >= 0.3 is 0 Å². The maximum Gasteiger partial charge on any atom is 0.207 e. The van der Waals surface area contributed by atoms with Crippen molar-refractivity contribution in [1.29, 1.82) is 0 Å². The van der Waals surface area contributed by atoms with E-state index in [-0.39, 0.29) is 5.75 Å². The lowest BCUT2D eigenvalue weighted by atomic mass is 10.2. The Labute approximate surface area is 299 Å². The topological polar surface area (TPSA) is 110 Å². The highest BCUT2D eigenvalue weighted by Gasteiger charge is 2.19. The van der Waals surface area contributed by atoms with Crippen LogP contribution in [0.15, 0.2) is 54.9 Å². The number of carbonyl (C=O) groups is 1. The van der Waals surface area contributed by atoms with E-state index in [1.165, 1.54) is 24.5 Å². The second-order valence-electron chi connectivity index (χ2n) is 12.0. The van der Waals surface area contributed by atoms with E-state index >= 15 is 0 Å². The zero-order valence-electron chi connectivity index (χ0n) is 28.9. The molecule has 2 fully saturated rings. The number of hydrogen-bond acceptors (Lipinski definition) is 11. The van der Waals surface area contributed by atoms with Gasteiger partial charge < -0.3 is 29.6 Å². The summed E-state index contributed by atoms with van der Waals surface area (Å²) in [5.41, 5.74) is 3.57. The molecule has 3 aromatic heterocycles. The standard InChI is InChI=1S/C32H41FN5O4PS.C4H7NO/c1-34-25-4-6-29(26(33)19-25)42-30-7-8-35-28-20-31(44-32(28)30)27-5-3-24(21-36-27)22-38-11-9-37(10-12-38)13-14-41-23-43-18-17-40-16-15-39-2;6-3-5-4-1-2-4/h3-8,19-21,34,43H,9-18,22-23H2,1-2H3;3-4H,1-2H2,(H,5,6). The van der Waals surface area contributed by atoms with Gasteiger partial charge in [-0.05, 0) is 48.8 Å². The number of pyridine rings is 2. The average Bonchev–Trinajstić information content (AvgIpc) is 3.85. The van der Waals surface area contributed by atoms with Gasteiger partial charge in [-0.25, -0.2) is 4.39 Å². The molecular weight excluding hydrogens is 678 g/mol. The number of aromatic nitrogens is 2. The molecule has 1 atom stereocenters. The SMILES string of the molecule is CNc1ccc(Oc2ccnc3cc(-c4ccc(CN5CCN(CCOCPCCOCCOC)CC5)cn4)sc23)c(F)c1.O=CNC1CC1. The Bertz CT molecular complexity index is 1600. The zero-order valence-corrected chi connectivity index (χ0v) is 30.7. The monoisotopic (exact) mass is 726 g/mol. The molecule has 1 saturated carbocycles. The van der Waals surface area contributed by atoms with Gasteiger partial charge in [-0.15, -0.1) is 11.3 Å². The van der Waals surface area contributed by atoms with E-state index in [0.29, 0.717) is 30.7 Å². The normalized spacial score (nSPS) is 15.3. The number of anilines is 1. The number of halogens is 1. The van der Waals surface area contributed by atoms with E-state index in [1.54, 1.807) is 49.9 Å². The Hall–Kier alpha value is -3.29. The summed E-state index contributed by atoms with van der Waals surface area (Å²) in [7, 11) is 4.22. The van der Waals surface area contributed by atoms with Crippen LogP contribution in [0.3, 0.4) is 0 Å². The number of benzene rings is 1. The number of fused-ring (bicyclic) bond motifs is 1. The van der Waals surface area contributed by atoms with E-state index in [2.05, 4.69) is 37.6 Å². The van der Waals surface area contributed by atoms with E-state index in [9.17, 15) is 9.18 Å². The van der Waals surface area contributed by atoms with Crippen LogP contribution in [0.4, 0.5) is 10.1 Å². The predicted octanol–water partition coefficient (Wildman–Crippen LogP) is 5.66. The number of ether oxygens (including phenoxy) is 4. The lowest BCUT2D eigenvalue weighted by Crippen LogP contribution is -2.46. The fourth-order valence-corrected chi connectivity index (χ4v) is 6.98. The molecule has 1 aromatic carbocycles. The molecule has 1 aliphatic carbocycles. The lowest BCUT2D eigenvalue weighted by Gasteiger charge is -2.34. The van der Waals surface area contributed by atoms with Crippen molar-refractivity contribution in [3.05, 3.63) is 66.2 Å². The number of hydrogen-bond donors (Lipinski definition) is 2. The fraction of sp³-hybridized carbons (Fsp3) is 0.472. The Balaban J connectivity index is 0.000000732. The van der Waals surface area contributed by atoms with Gasteiger partial charge in [-0.1, -0.05) is 14.6 Å². The number of methoxy groups -OCH3 is 1. The second kappa shape index (κ2) is 20.5. The molecule has 1 saturated heterocycles. The van der Waals surface area contributed by atoms with Crippen molar-refractivity contribution < 1.29 is 28.1 Å². The molecule has 4 heterocycles. The molecule has 6 rings (SSSR count). The summed E-state index contributed by atoms with van der Waals surface area (Å²) in [6.45, 7) is 8.90. The minimum absolute atomic E-state index is 0.176. The van der Waals surface area contributed by atoms with Gasteiger partial charge in [0.1, 0.15) is 5.75 Å². The Morgan fingerprint density at radius 2 is 1.82 bits per heavy atom. The first-order valence-electron chi connectivity index (χ1n) is 17.0. The number of nitrogens with zero attached hydrogens (tertiary/aromatic N) is 4. The number of thiophene rings is 1. The van der Waals surface area contributed by atoms with Gasteiger partial charge in [-0.3, -0.25) is 24.6 Å². The van der Waals surface area contributed by atoms with Crippen LogP contribution in [0.2, 0.25) is 0 Å². The van der Waals surface area contributed by atoms with Crippen LogP contribution in [-0.4, -0.2) is 118 Å². The van der Waals surface area contributed by atoms with E-state index in [0.717, 1.165) is 101 Å². The quantitative estimate of drug-likeness (QED) is 0.0714. The van der Waals surface area contributed by atoms with E-state index < -0.39 is 5.82 Å². The predicted molar refractivity (Wildman–Crippen MR) is 200 cm³/mol. The van der Waals surface area contributed by atoms with Crippen LogP contribution in [-0.2, 0) is 25.5 Å². The van der Waals surface area contributed by atoms with Crippen molar-refractivity contribution in [1.82, 2.24) is 25.1 Å². The molecule has 2 aliphatic rings. The van der Waals surface area contributed by atoms with Crippen molar-refractivity contribution in [3.8, 4) is 22.1 Å². The molecule has 270 valence electrons. The van der Waals surface area contributed by atoms with Gasteiger partial charge in [0.25, 0.3) is 0 Å². The molecule has 4 aromatic rings. The van der Waals surface area contributed by atoms with Gasteiger partial charge in [-0.2, -0.15) is 0 Å². The van der Waals surface area contributed by atoms with Crippen molar-refractivity contribution in [3.63, 3.8) is 0 Å². The highest BCUT2D eigenvalue weighted by molar-refractivity contribution is 7.37. The maximum atomic E-state index is 14.5. The summed E-state index contributed by atoms with van der Waals surface area (Å²) in [4.78, 5) is 24.8. The molecular formula is C36H48FN6O5PS. The molecule has 2 N–H and O–H groups in total. The summed E-state index contributed by atoms with van der Waals surface area (Å²) in [6.07, 6.45) is 8.63. The highest BCUT2D eigenvalue weighted by atomic mass is 32.1. The van der Waals surface area contributed by atoms with Gasteiger partial charge in [0.2, 0.25) is 6.41 Å². The largest absolute Gasteiger partial charge is 0.453 e. The summed E-state index contributed by atoms with van der Waals surface area (Å²) >= 11 is 1.55. The summed E-state index contributed by atoms with van der Waals surface area (Å²) < 4.78 is 37.7. The summed E-state index contributed by atoms with van der Waals surface area (Å²) in [5.74, 6) is 0.327. The molecule has 0 radical (unpaired) electrons. The molecule has 11 nitrogen and oxygen atoms in total. The van der Waals surface area contributed by atoms with Crippen LogP contribution in [0, 0.1) is 5.82 Å². The smallest absolute Gasteiger partial charge is 0.207 e. The first-order valence-corrected chi connectivity index (χ1v) is 19.3. The molecule has 14 heteroatoms. The van der Waals surface area contributed by atoms with Crippen LogP contribution in [0.5, 0.6) is 11.5 Å². The van der Waals surface area contributed by atoms with Gasteiger partial charge in [0, 0.05) is 89.7 Å². The molecule has 0 bridgehead atoms. The molecule has 50 heavy (non-hydrogen) atoms. The summed E-state index contributed by atoms with van der Waals surface area (Å²) in [5, 5.41) is 5.57. The lowest BCUT2D eigenvalue weighted by molar-refractivity contribution is -0.109. The third-order valence-corrected chi connectivity index (χ3v) is 10.4. The number of amides is 1. The van der Waals surface area contributed by atoms with Crippen LogP contribution < -0.4 is 15.4 Å². The molecule has 0 spiro atoms. The minimum atomic E-state index is -0.422. The van der Waals surface area contributed by atoms with E-state index in [1.807, 2.05) is 12.3 Å². The third-order valence-electron chi connectivity index (χ3n) is 8.26. The Kier molecular flexibility index (Phi) is 15.6. The number of rotatable bonds is 19. The number of nitrogens with one attached hydrogen (secondary N) is 2. The Morgan fingerprint density at radius 1 is 0.980 bits per heavy atom. The first-order chi connectivity index (χ1) is 24.6. The number of piperazine rings is 1. The highest BCUT2D eigenvalue weighted by Crippen LogP contribution is 2.39. The second-order valence-corrected chi connectivity index (χ2v) is 14.4. The maximum absolute atomic E-state index is 14.5. The van der Waals surface area contributed by atoms with Crippen molar-refractivity contribution >= 4 is 42.2 Å². The summed E-state index contributed by atoms with van der Waals surface area (Å²) in [6, 6.07) is 13.4. The molecule has 1 aliphatic heterocycles. The van der Waals surface area contributed by atoms with Gasteiger partial charge in [0.05, 0.1) is 53.6 Å². The third kappa shape index (κ3) is 12.2. The molecule has 1 amide bonds. The molecule has 1 unspecified atom stereocenters. The van der Waals surface area contributed by atoms with Crippen LogP contribution >= 0.6 is 19.9 Å². The van der Waals surface area contributed by atoms with Crippen molar-refractivity contribution in [2.45, 2.75) is 25.4 Å². The average molecular weight is 727 g/mol. The first kappa shape index (κ1) is 38.0. The van der Waals surface area contributed by atoms with Crippen molar-refractivity contribution in [2.24, 2.45) is 0 Å². The Morgan fingerprint density at radius 3 is 2.52 bits per heavy atom. The van der Waals surface area contributed by atoms with Crippen molar-refractivity contribution in [2.75, 3.05) is 91.1 Å².